The largest absolute Gasteiger partial charge is 0.476 e. The lowest BCUT2D eigenvalue weighted by Gasteiger charge is -2.12. The van der Waals surface area contributed by atoms with Crippen LogP contribution in [-0.4, -0.2) is 17.5 Å². The number of anilines is 1. The number of rotatable bonds is 5. The van der Waals surface area contributed by atoms with Crippen molar-refractivity contribution in [3.8, 4) is 17.1 Å². The van der Waals surface area contributed by atoms with Crippen LogP contribution in [0, 0.1) is 6.92 Å². The number of ether oxygens (including phenoxy) is 1. The predicted molar refractivity (Wildman–Crippen MR) is 114 cm³/mol. The summed E-state index contributed by atoms with van der Waals surface area (Å²) in [6.45, 7) is 1.60. The number of nitrogens with zero attached hydrogens (tertiary/aromatic N) is 1. The summed E-state index contributed by atoms with van der Waals surface area (Å²) in [5.41, 5.74) is 1.72. The van der Waals surface area contributed by atoms with Gasteiger partial charge in [-0.05, 0) is 25.1 Å². The van der Waals surface area contributed by atoms with Gasteiger partial charge in [-0.3, -0.25) is 14.9 Å². The number of nitrogens with one attached hydrogen (secondary N) is 1. The van der Waals surface area contributed by atoms with Crippen molar-refractivity contribution in [3.63, 3.8) is 0 Å². The summed E-state index contributed by atoms with van der Waals surface area (Å²) in [6.07, 6.45) is 1.58. The fourth-order valence-electron chi connectivity index (χ4n) is 2.75. The first kappa shape index (κ1) is 19.2. The molecule has 1 N–H and O–H groups in total. The third-order valence-electron chi connectivity index (χ3n) is 4.15. The highest BCUT2D eigenvalue weighted by Gasteiger charge is 2.19. The number of fused-ring (bicyclic) bond motifs is 1. The number of halogens is 1. The van der Waals surface area contributed by atoms with Crippen molar-refractivity contribution in [2.24, 2.45) is 0 Å². The molecule has 1 amide bonds. The second kappa shape index (κ2) is 8.06. The van der Waals surface area contributed by atoms with E-state index in [1.165, 1.54) is 17.4 Å². The first-order valence-corrected chi connectivity index (χ1v) is 9.92. The lowest BCUT2D eigenvalue weighted by molar-refractivity contribution is -0.118. The Morgan fingerprint density at radius 2 is 2.03 bits per heavy atom. The number of hydrogen-bond donors (Lipinski definition) is 1. The number of amides is 1. The minimum absolute atomic E-state index is 0.0436. The summed E-state index contributed by atoms with van der Waals surface area (Å²) in [6, 6.07) is 12.3. The van der Waals surface area contributed by atoms with E-state index in [1.54, 1.807) is 23.7 Å². The summed E-state index contributed by atoms with van der Waals surface area (Å²) in [5.74, 6) is -0.217. The van der Waals surface area contributed by atoms with E-state index in [2.05, 4.69) is 10.3 Å². The van der Waals surface area contributed by atoms with Crippen molar-refractivity contribution in [2.45, 2.75) is 6.92 Å². The molecular weight excluding hydrogens is 412 g/mol. The van der Waals surface area contributed by atoms with Crippen LogP contribution in [0.15, 0.2) is 63.3 Å². The first-order chi connectivity index (χ1) is 14.0. The zero-order valence-electron chi connectivity index (χ0n) is 15.3. The van der Waals surface area contributed by atoms with Crippen molar-refractivity contribution >= 4 is 44.9 Å². The maximum Gasteiger partial charge on any atom is 0.264 e. The zero-order chi connectivity index (χ0) is 20.4. The zero-order valence-corrected chi connectivity index (χ0v) is 16.8. The molecule has 4 aromatic rings. The van der Waals surface area contributed by atoms with Gasteiger partial charge in [-0.2, -0.15) is 0 Å². The molecule has 0 unspecified atom stereocenters. The highest BCUT2D eigenvalue weighted by Crippen LogP contribution is 2.32. The van der Waals surface area contributed by atoms with Gasteiger partial charge in [-0.1, -0.05) is 41.4 Å². The van der Waals surface area contributed by atoms with Crippen molar-refractivity contribution in [2.75, 3.05) is 11.9 Å². The predicted octanol–water partition coefficient (Wildman–Crippen LogP) is 4.90. The highest BCUT2D eigenvalue weighted by molar-refractivity contribution is 7.13. The molecule has 2 aromatic carbocycles. The molecule has 4 rings (SSSR count). The third kappa shape index (κ3) is 4.16. The summed E-state index contributed by atoms with van der Waals surface area (Å²) >= 11 is 7.32. The summed E-state index contributed by atoms with van der Waals surface area (Å²) in [4.78, 5) is 29.3. The molecular formula is C21H15ClN2O4S. The molecule has 0 saturated heterocycles. The van der Waals surface area contributed by atoms with Gasteiger partial charge in [0.05, 0.1) is 5.39 Å². The van der Waals surface area contributed by atoms with Crippen LogP contribution in [0.25, 0.3) is 22.3 Å². The number of carbonyl (C=O) groups excluding carboxylic acids is 1. The molecule has 6 nitrogen and oxygen atoms in total. The molecule has 0 fully saturated rings. The molecule has 0 aliphatic heterocycles. The van der Waals surface area contributed by atoms with Gasteiger partial charge in [-0.25, -0.2) is 4.98 Å². The van der Waals surface area contributed by atoms with Gasteiger partial charge in [0, 0.05) is 22.2 Å². The molecule has 0 saturated carbocycles. The Bertz CT molecular complexity index is 1230. The second-order valence-corrected chi connectivity index (χ2v) is 7.60. The maximum absolute atomic E-state index is 13.1. The van der Waals surface area contributed by atoms with Gasteiger partial charge < -0.3 is 9.15 Å². The third-order valence-corrected chi connectivity index (χ3v) is 5.07. The van der Waals surface area contributed by atoms with Gasteiger partial charge in [-0.15, -0.1) is 11.3 Å². The Morgan fingerprint density at radius 3 is 2.76 bits per heavy atom. The quantitative estimate of drug-likeness (QED) is 0.491. The van der Waals surface area contributed by atoms with Gasteiger partial charge in [0.1, 0.15) is 5.58 Å². The van der Waals surface area contributed by atoms with Gasteiger partial charge in [0.2, 0.25) is 11.2 Å². The molecule has 0 aliphatic carbocycles. The number of thiazole rings is 1. The van der Waals surface area contributed by atoms with Crippen molar-refractivity contribution in [1.29, 1.82) is 0 Å². The number of carbonyl (C=O) groups is 1. The van der Waals surface area contributed by atoms with Crippen LogP contribution in [0.4, 0.5) is 5.13 Å². The van der Waals surface area contributed by atoms with Crippen molar-refractivity contribution < 1.29 is 13.9 Å². The molecule has 0 spiro atoms. The Morgan fingerprint density at radius 1 is 1.24 bits per heavy atom. The monoisotopic (exact) mass is 426 g/mol. The van der Waals surface area contributed by atoms with Crippen LogP contribution in [0.3, 0.4) is 0 Å². The van der Waals surface area contributed by atoms with E-state index in [-0.39, 0.29) is 23.5 Å². The Balaban J connectivity index is 1.74. The molecule has 0 aliphatic rings. The lowest BCUT2D eigenvalue weighted by Crippen LogP contribution is -2.22. The van der Waals surface area contributed by atoms with E-state index in [0.717, 1.165) is 5.56 Å². The maximum atomic E-state index is 13.1. The lowest BCUT2D eigenvalue weighted by atomic mass is 10.1. The number of aromatic nitrogens is 1. The molecule has 0 bridgehead atoms. The molecule has 146 valence electrons. The fourth-order valence-corrected chi connectivity index (χ4v) is 3.47. The molecule has 8 heteroatoms. The van der Waals surface area contributed by atoms with Gasteiger partial charge in [0.15, 0.2) is 17.5 Å². The van der Waals surface area contributed by atoms with E-state index in [9.17, 15) is 9.59 Å². The summed E-state index contributed by atoms with van der Waals surface area (Å²) in [7, 11) is 0. The van der Waals surface area contributed by atoms with Crippen LogP contribution < -0.4 is 15.5 Å². The minimum atomic E-state index is -0.430. The average molecular weight is 427 g/mol. The Kier molecular flexibility index (Phi) is 5.33. The molecule has 2 aromatic heterocycles. The van der Waals surface area contributed by atoms with Crippen LogP contribution >= 0.6 is 22.9 Å². The Hall–Kier alpha value is -3.16. The molecule has 0 atom stereocenters. The normalized spacial score (nSPS) is 10.8. The SMILES string of the molecule is Cc1ccc(-c2oc3ccc(Cl)cc3c(=O)c2OCC(=O)Nc2nccs2)cc1. The second-order valence-electron chi connectivity index (χ2n) is 6.27. The first-order valence-electron chi connectivity index (χ1n) is 8.67. The van der Waals surface area contributed by atoms with Gasteiger partial charge in [0.25, 0.3) is 5.91 Å². The van der Waals surface area contributed by atoms with Crippen LogP contribution in [0.1, 0.15) is 5.56 Å². The van der Waals surface area contributed by atoms with Crippen molar-refractivity contribution in [1.82, 2.24) is 4.98 Å². The minimum Gasteiger partial charge on any atom is -0.476 e. The molecule has 2 heterocycles. The summed E-state index contributed by atoms with van der Waals surface area (Å²) in [5, 5.41) is 5.50. The standard InChI is InChI=1S/C21H15ClN2O4S/c1-12-2-4-13(5-3-12)19-20(27-11-17(25)24-21-23-8-9-29-21)18(26)15-10-14(22)6-7-16(15)28-19/h2-10H,11H2,1H3,(H,23,24,25). The summed E-state index contributed by atoms with van der Waals surface area (Å²) < 4.78 is 11.6. The molecule has 29 heavy (non-hydrogen) atoms. The topological polar surface area (TPSA) is 81.4 Å². The van der Waals surface area contributed by atoms with E-state index < -0.39 is 11.3 Å². The number of aryl methyl sites for hydroxylation is 1. The Labute approximate surface area is 174 Å². The van der Waals surface area contributed by atoms with E-state index >= 15 is 0 Å². The molecule has 0 radical (unpaired) electrons. The van der Waals surface area contributed by atoms with Gasteiger partial charge >= 0.3 is 0 Å². The van der Waals surface area contributed by atoms with Crippen LogP contribution in [0.2, 0.25) is 5.02 Å². The number of hydrogen-bond acceptors (Lipinski definition) is 6. The fraction of sp³-hybridized carbons (Fsp3) is 0.0952. The number of benzene rings is 2. The van der Waals surface area contributed by atoms with Crippen LogP contribution in [0.5, 0.6) is 5.75 Å². The smallest absolute Gasteiger partial charge is 0.264 e. The van der Waals surface area contributed by atoms with Crippen LogP contribution in [-0.2, 0) is 4.79 Å². The average Bonchev–Trinajstić information content (AvgIpc) is 3.21. The van der Waals surface area contributed by atoms with E-state index in [0.29, 0.717) is 21.3 Å². The van der Waals surface area contributed by atoms with E-state index in [1.807, 2.05) is 31.2 Å². The van der Waals surface area contributed by atoms with E-state index in [4.69, 9.17) is 20.8 Å². The van der Waals surface area contributed by atoms with Crippen molar-refractivity contribution in [3.05, 3.63) is 74.9 Å². The highest BCUT2D eigenvalue weighted by atomic mass is 35.5.